The highest BCUT2D eigenvalue weighted by Gasteiger charge is 2.56. The fourth-order valence-corrected chi connectivity index (χ4v) is 5.27. The van der Waals surface area contributed by atoms with Crippen LogP contribution >= 0.6 is 7.75 Å². The number of aliphatic hydroxyl groups is 1. The number of hydrogen-bond acceptors (Lipinski definition) is 10. The number of hydrogen-bond donors (Lipinski definition) is 3. The molecule has 2 heterocycles. The SMILES string of the molecule is COC(=O)C(NP(=O)(OC[C@H]1O[C@@H](n2ccc(N)nc2=O)[C@](C)(F)[C@@H]1O)Oc1ccccc1)C(C)C. The first-order valence-electron chi connectivity index (χ1n) is 11.1. The lowest BCUT2D eigenvalue weighted by Gasteiger charge is -2.27. The number of anilines is 1. The molecule has 36 heavy (non-hydrogen) atoms. The van der Waals surface area contributed by atoms with Crippen molar-refractivity contribution in [3.8, 4) is 5.75 Å². The Bertz CT molecular complexity index is 1160. The molecule has 198 valence electrons. The van der Waals surface area contributed by atoms with Crippen molar-refractivity contribution in [1.29, 1.82) is 0 Å². The Hall–Kier alpha value is -2.83. The lowest BCUT2D eigenvalue weighted by atomic mass is 9.98. The quantitative estimate of drug-likeness (QED) is 0.304. The van der Waals surface area contributed by atoms with Gasteiger partial charge in [-0.2, -0.15) is 10.1 Å². The second-order valence-electron chi connectivity index (χ2n) is 8.74. The Labute approximate surface area is 207 Å². The molecule has 0 saturated carbocycles. The molecule has 1 aromatic carbocycles. The van der Waals surface area contributed by atoms with Crippen molar-refractivity contribution in [2.24, 2.45) is 5.92 Å². The first kappa shape index (κ1) is 27.8. The van der Waals surface area contributed by atoms with Crippen LogP contribution in [0.3, 0.4) is 0 Å². The van der Waals surface area contributed by atoms with Gasteiger partial charge in [-0.15, -0.1) is 0 Å². The number of aliphatic hydroxyl groups excluding tert-OH is 1. The average Bonchev–Trinajstić information content (AvgIpc) is 3.05. The van der Waals surface area contributed by atoms with Gasteiger partial charge in [0.15, 0.2) is 11.9 Å². The normalized spacial score (nSPS) is 26.4. The maximum absolute atomic E-state index is 15.5. The van der Waals surface area contributed by atoms with Crippen LogP contribution in [0.2, 0.25) is 0 Å². The zero-order valence-electron chi connectivity index (χ0n) is 20.2. The zero-order chi connectivity index (χ0) is 26.7. The second kappa shape index (κ2) is 11.1. The van der Waals surface area contributed by atoms with Crippen LogP contribution in [0.4, 0.5) is 10.2 Å². The Morgan fingerprint density at radius 1 is 1.36 bits per heavy atom. The summed E-state index contributed by atoms with van der Waals surface area (Å²) >= 11 is 0. The van der Waals surface area contributed by atoms with Crippen molar-refractivity contribution >= 4 is 19.5 Å². The van der Waals surface area contributed by atoms with Crippen molar-refractivity contribution < 1.29 is 37.4 Å². The molecule has 1 aromatic heterocycles. The van der Waals surface area contributed by atoms with Crippen LogP contribution in [-0.4, -0.2) is 58.3 Å². The fourth-order valence-electron chi connectivity index (χ4n) is 3.61. The largest absolute Gasteiger partial charge is 0.468 e. The number of halogens is 1. The molecule has 0 radical (unpaired) electrons. The van der Waals surface area contributed by atoms with Gasteiger partial charge < -0.3 is 24.8 Å². The predicted molar refractivity (Wildman–Crippen MR) is 127 cm³/mol. The highest BCUT2D eigenvalue weighted by atomic mass is 31.2. The number of rotatable bonds is 10. The minimum absolute atomic E-state index is 0.0642. The van der Waals surface area contributed by atoms with Crippen LogP contribution in [-0.2, 0) is 23.4 Å². The number of benzene rings is 1. The number of methoxy groups -OCH3 is 1. The van der Waals surface area contributed by atoms with Crippen LogP contribution in [0.25, 0.3) is 0 Å². The van der Waals surface area contributed by atoms with E-state index < -0.39 is 56.2 Å². The Balaban J connectivity index is 1.84. The van der Waals surface area contributed by atoms with E-state index >= 15 is 4.39 Å². The Morgan fingerprint density at radius 2 is 2.03 bits per heavy atom. The molecule has 3 rings (SSSR count). The van der Waals surface area contributed by atoms with Crippen LogP contribution in [0.15, 0.2) is 47.4 Å². The molecular weight excluding hydrogens is 498 g/mol. The van der Waals surface area contributed by atoms with Gasteiger partial charge in [-0.25, -0.2) is 13.8 Å². The molecule has 1 saturated heterocycles. The third-order valence-corrected chi connectivity index (χ3v) is 7.15. The third kappa shape index (κ3) is 6.11. The van der Waals surface area contributed by atoms with E-state index in [2.05, 4.69) is 10.1 Å². The standard InChI is InChI=1S/C22H30FN4O8P/c1-13(2)17(19(29)32-4)26-36(31,35-14-8-6-5-7-9-14)33-12-15-18(28)22(3,23)20(34-15)27-11-10-16(24)25-21(27)30/h5-11,13,15,17-18,20,28H,12H2,1-4H3,(H,26,31)(H2,24,25,30)/t15-,17?,18-,20-,22-,36?/m1/s1. The number of aromatic nitrogens is 2. The van der Waals surface area contributed by atoms with Crippen LogP contribution in [0, 0.1) is 5.92 Å². The van der Waals surface area contributed by atoms with E-state index in [0.717, 1.165) is 11.5 Å². The molecule has 4 N–H and O–H groups in total. The molecule has 1 fully saturated rings. The number of nitrogens with zero attached hydrogens (tertiary/aromatic N) is 2. The molecule has 1 aliphatic heterocycles. The van der Waals surface area contributed by atoms with Crippen LogP contribution in [0.5, 0.6) is 5.75 Å². The van der Waals surface area contributed by atoms with E-state index in [-0.39, 0.29) is 17.5 Å². The summed E-state index contributed by atoms with van der Waals surface area (Å²) in [5.74, 6) is -0.966. The van der Waals surface area contributed by atoms with Gasteiger partial charge in [-0.05, 0) is 31.0 Å². The summed E-state index contributed by atoms with van der Waals surface area (Å²) in [7, 11) is -3.13. The predicted octanol–water partition coefficient (Wildman–Crippen LogP) is 1.80. The van der Waals surface area contributed by atoms with E-state index in [9.17, 15) is 19.3 Å². The minimum Gasteiger partial charge on any atom is -0.468 e. The molecular formula is C22H30FN4O8P. The molecule has 0 bridgehead atoms. The lowest BCUT2D eigenvalue weighted by molar-refractivity contribution is -0.143. The van der Waals surface area contributed by atoms with Gasteiger partial charge in [-0.3, -0.25) is 13.9 Å². The summed E-state index contributed by atoms with van der Waals surface area (Å²) in [5.41, 5.74) is 2.16. The van der Waals surface area contributed by atoms with Crippen LogP contribution in [0.1, 0.15) is 27.0 Å². The molecule has 0 amide bonds. The number of carbonyl (C=O) groups is 1. The molecule has 12 nitrogen and oxygen atoms in total. The number of nitrogens with two attached hydrogens (primary N) is 1. The number of ether oxygens (including phenoxy) is 2. The number of nitrogen functional groups attached to an aromatic ring is 1. The number of carbonyl (C=O) groups excluding carboxylic acids is 1. The third-order valence-electron chi connectivity index (χ3n) is 5.62. The van der Waals surface area contributed by atoms with Gasteiger partial charge in [0.25, 0.3) is 0 Å². The lowest BCUT2D eigenvalue weighted by Crippen LogP contribution is -2.43. The van der Waals surface area contributed by atoms with E-state index in [1.165, 1.54) is 31.5 Å². The van der Waals surface area contributed by atoms with Gasteiger partial charge in [0, 0.05) is 6.20 Å². The molecule has 6 atom stereocenters. The van der Waals surface area contributed by atoms with Crippen molar-refractivity contribution in [3.05, 3.63) is 53.1 Å². The van der Waals surface area contributed by atoms with E-state index in [1.807, 2.05) is 0 Å². The maximum Gasteiger partial charge on any atom is 0.459 e. The number of esters is 1. The molecule has 2 unspecified atom stereocenters. The monoisotopic (exact) mass is 528 g/mol. The molecule has 2 aromatic rings. The Morgan fingerprint density at radius 3 is 2.61 bits per heavy atom. The Kier molecular flexibility index (Phi) is 8.52. The number of alkyl halides is 1. The van der Waals surface area contributed by atoms with Crippen molar-refractivity contribution in [2.75, 3.05) is 19.5 Å². The summed E-state index contributed by atoms with van der Waals surface area (Å²) in [6, 6.07) is 8.25. The highest BCUT2D eigenvalue weighted by molar-refractivity contribution is 7.52. The molecule has 0 aliphatic carbocycles. The smallest absolute Gasteiger partial charge is 0.459 e. The number of nitrogens with one attached hydrogen (secondary N) is 1. The number of para-hydroxylation sites is 1. The zero-order valence-corrected chi connectivity index (χ0v) is 21.1. The summed E-state index contributed by atoms with van der Waals surface area (Å²) in [6.45, 7) is 3.83. The minimum atomic E-state index is -4.31. The van der Waals surface area contributed by atoms with Gasteiger partial charge in [0.1, 0.15) is 29.8 Å². The van der Waals surface area contributed by atoms with E-state index in [4.69, 9.17) is 24.3 Å². The summed E-state index contributed by atoms with van der Waals surface area (Å²) in [6.07, 6.45) is -3.52. The first-order chi connectivity index (χ1) is 16.9. The van der Waals surface area contributed by atoms with Gasteiger partial charge in [-0.1, -0.05) is 32.0 Å². The molecule has 1 aliphatic rings. The van der Waals surface area contributed by atoms with E-state index in [0.29, 0.717) is 0 Å². The topological polar surface area (TPSA) is 164 Å². The first-order valence-corrected chi connectivity index (χ1v) is 12.6. The van der Waals surface area contributed by atoms with E-state index in [1.54, 1.807) is 32.0 Å². The van der Waals surface area contributed by atoms with Crippen molar-refractivity contribution in [2.45, 2.75) is 50.9 Å². The fraction of sp³-hybridized carbons (Fsp3) is 0.500. The van der Waals surface area contributed by atoms with Gasteiger partial charge in [0.2, 0.25) is 0 Å². The second-order valence-corrected chi connectivity index (χ2v) is 10.4. The molecule has 0 spiro atoms. The van der Waals surface area contributed by atoms with Crippen molar-refractivity contribution in [1.82, 2.24) is 14.6 Å². The van der Waals surface area contributed by atoms with Crippen LogP contribution < -0.4 is 21.0 Å². The summed E-state index contributed by atoms with van der Waals surface area (Å²) in [5, 5.41) is 13.2. The van der Waals surface area contributed by atoms with Gasteiger partial charge in [0.05, 0.1) is 13.7 Å². The summed E-state index contributed by atoms with van der Waals surface area (Å²) in [4.78, 5) is 28.0. The highest BCUT2D eigenvalue weighted by Crippen LogP contribution is 2.48. The average molecular weight is 528 g/mol. The maximum atomic E-state index is 15.5. The molecule has 14 heteroatoms. The van der Waals surface area contributed by atoms with Gasteiger partial charge >= 0.3 is 19.4 Å². The van der Waals surface area contributed by atoms with Crippen molar-refractivity contribution in [3.63, 3.8) is 0 Å². The summed E-state index contributed by atoms with van der Waals surface area (Å²) < 4.78 is 51.5.